The van der Waals surface area contributed by atoms with Gasteiger partial charge in [-0.3, -0.25) is 14.5 Å². The van der Waals surface area contributed by atoms with Crippen molar-refractivity contribution in [1.29, 1.82) is 0 Å². The van der Waals surface area contributed by atoms with Crippen LogP contribution < -0.4 is 4.90 Å². The summed E-state index contributed by atoms with van der Waals surface area (Å²) >= 11 is 1.32. The number of aromatic hydroxyl groups is 1. The van der Waals surface area contributed by atoms with E-state index in [1.165, 1.54) is 28.4 Å². The summed E-state index contributed by atoms with van der Waals surface area (Å²) in [7, 11) is 0. The van der Waals surface area contributed by atoms with E-state index in [0.29, 0.717) is 16.3 Å². The molecule has 1 amide bonds. The summed E-state index contributed by atoms with van der Waals surface area (Å²) in [6.07, 6.45) is 0. The van der Waals surface area contributed by atoms with Gasteiger partial charge in [-0.2, -0.15) is 0 Å². The number of carbonyl (C=O) groups is 2. The largest absolute Gasteiger partial charge is 0.508 e. The predicted molar refractivity (Wildman–Crippen MR) is 133 cm³/mol. The molecule has 2 N–H and O–H groups in total. The van der Waals surface area contributed by atoms with Crippen LogP contribution in [-0.2, 0) is 9.59 Å². The van der Waals surface area contributed by atoms with Crippen molar-refractivity contribution in [2.24, 2.45) is 0 Å². The molecule has 6 nitrogen and oxygen atoms in total. The van der Waals surface area contributed by atoms with E-state index in [1.807, 2.05) is 51.1 Å². The molecule has 0 bridgehead atoms. The van der Waals surface area contributed by atoms with Crippen molar-refractivity contribution >= 4 is 44.1 Å². The van der Waals surface area contributed by atoms with Crippen LogP contribution in [0.2, 0.25) is 0 Å². The molecule has 34 heavy (non-hydrogen) atoms. The second-order valence-electron chi connectivity index (χ2n) is 8.55. The lowest BCUT2D eigenvalue weighted by molar-refractivity contribution is -0.132. The molecule has 0 radical (unpaired) electrons. The number of aliphatic hydroxyl groups is 1. The van der Waals surface area contributed by atoms with Gasteiger partial charge in [0, 0.05) is 5.56 Å². The molecule has 0 spiro atoms. The van der Waals surface area contributed by atoms with E-state index in [4.69, 9.17) is 0 Å². The Bertz CT molecular complexity index is 1500. The third-order valence-electron chi connectivity index (χ3n) is 6.04. The minimum absolute atomic E-state index is 0.000161. The van der Waals surface area contributed by atoms with Crippen LogP contribution in [0, 0.1) is 20.8 Å². The lowest BCUT2D eigenvalue weighted by Crippen LogP contribution is -2.29. The van der Waals surface area contributed by atoms with E-state index >= 15 is 0 Å². The maximum Gasteiger partial charge on any atom is 0.301 e. The van der Waals surface area contributed by atoms with E-state index in [1.54, 1.807) is 18.2 Å². The second kappa shape index (κ2) is 8.11. The molecule has 1 aromatic heterocycles. The SMILES string of the molecule is Cc1ccc(C)c(/C(O)=C2\C(=O)C(=O)N(c3nc4ccc(C)cc4s3)C2c2ccc(O)cc2)c1. The highest BCUT2D eigenvalue weighted by Crippen LogP contribution is 2.44. The number of nitrogens with zero attached hydrogens (tertiary/aromatic N) is 2. The minimum atomic E-state index is -0.887. The Balaban J connectivity index is 1.76. The topological polar surface area (TPSA) is 90.7 Å². The standard InChI is InChI=1S/C27H22N2O4S/c1-14-4-6-16(3)19(12-14)24(31)22-23(17-7-9-18(30)10-8-17)29(26(33)25(22)32)27-28-20-11-5-15(2)13-21(20)34-27/h4-13,23,30-31H,1-3H3/b24-22+. The Labute approximate surface area is 200 Å². The molecular weight excluding hydrogens is 448 g/mol. The van der Waals surface area contributed by atoms with Gasteiger partial charge < -0.3 is 10.2 Å². The molecular formula is C27H22N2O4S. The number of carbonyl (C=O) groups excluding carboxylic acids is 2. The zero-order valence-corrected chi connectivity index (χ0v) is 19.7. The fourth-order valence-electron chi connectivity index (χ4n) is 4.26. The lowest BCUT2D eigenvalue weighted by Gasteiger charge is -2.23. The molecule has 1 aliphatic heterocycles. The number of aromatic nitrogens is 1. The molecule has 7 heteroatoms. The first-order valence-corrected chi connectivity index (χ1v) is 11.6. The van der Waals surface area contributed by atoms with E-state index in [-0.39, 0.29) is 17.1 Å². The summed E-state index contributed by atoms with van der Waals surface area (Å²) in [4.78, 5) is 32.7. The molecule has 3 aromatic carbocycles. The summed E-state index contributed by atoms with van der Waals surface area (Å²) < 4.78 is 0.899. The van der Waals surface area contributed by atoms with Crippen molar-refractivity contribution in [2.45, 2.75) is 26.8 Å². The predicted octanol–water partition coefficient (Wildman–Crippen LogP) is 5.55. The highest BCUT2D eigenvalue weighted by molar-refractivity contribution is 7.22. The first-order valence-electron chi connectivity index (χ1n) is 10.8. The molecule has 5 rings (SSSR count). The van der Waals surface area contributed by atoms with Gasteiger partial charge in [0.25, 0.3) is 5.78 Å². The number of benzene rings is 3. The molecule has 1 atom stereocenters. The Morgan fingerprint density at radius 2 is 1.62 bits per heavy atom. The summed E-state index contributed by atoms with van der Waals surface area (Å²) in [5.41, 5.74) is 4.58. The Kier molecular flexibility index (Phi) is 5.21. The minimum Gasteiger partial charge on any atom is -0.508 e. The van der Waals surface area contributed by atoms with Crippen molar-refractivity contribution < 1.29 is 19.8 Å². The van der Waals surface area contributed by atoms with Crippen molar-refractivity contribution in [2.75, 3.05) is 4.90 Å². The van der Waals surface area contributed by atoms with Crippen molar-refractivity contribution in [3.8, 4) is 5.75 Å². The lowest BCUT2D eigenvalue weighted by atomic mass is 9.93. The number of phenols is 1. The number of thiazole rings is 1. The van der Waals surface area contributed by atoms with Gasteiger partial charge in [0.15, 0.2) is 5.13 Å². The van der Waals surface area contributed by atoms with Gasteiger partial charge in [0.05, 0.1) is 21.8 Å². The van der Waals surface area contributed by atoms with Crippen LogP contribution in [0.1, 0.15) is 33.9 Å². The van der Waals surface area contributed by atoms with E-state index in [0.717, 1.165) is 26.9 Å². The van der Waals surface area contributed by atoms with Crippen LogP contribution in [0.3, 0.4) is 0 Å². The van der Waals surface area contributed by atoms with Gasteiger partial charge in [-0.25, -0.2) is 4.98 Å². The molecule has 0 aliphatic carbocycles. The number of Topliss-reactive ketones (excluding diaryl/α,β-unsaturated/α-hetero) is 1. The molecule has 0 saturated carbocycles. The van der Waals surface area contributed by atoms with Gasteiger partial charge in [0.1, 0.15) is 11.5 Å². The van der Waals surface area contributed by atoms with Crippen molar-refractivity contribution in [3.05, 3.63) is 94.1 Å². The fraction of sp³-hybridized carbons (Fsp3) is 0.148. The Morgan fingerprint density at radius 3 is 2.35 bits per heavy atom. The van der Waals surface area contributed by atoms with Gasteiger partial charge >= 0.3 is 5.91 Å². The number of ketones is 1. The highest BCUT2D eigenvalue weighted by Gasteiger charge is 2.48. The number of phenolic OH excluding ortho intramolecular Hbond substituents is 1. The van der Waals surface area contributed by atoms with Gasteiger partial charge in [0.2, 0.25) is 0 Å². The summed E-state index contributed by atoms with van der Waals surface area (Å²) in [6, 6.07) is 16.8. The normalized spacial score (nSPS) is 17.6. The van der Waals surface area contributed by atoms with Gasteiger partial charge in [-0.1, -0.05) is 47.2 Å². The summed E-state index contributed by atoms with van der Waals surface area (Å²) in [5.74, 6) is -1.68. The van der Waals surface area contributed by atoms with Crippen LogP contribution in [0.4, 0.5) is 5.13 Å². The number of aryl methyl sites for hydroxylation is 3. The maximum atomic E-state index is 13.3. The molecule has 1 fully saturated rings. The number of hydrogen-bond donors (Lipinski definition) is 2. The molecule has 1 saturated heterocycles. The third kappa shape index (κ3) is 3.54. The average molecular weight is 471 g/mol. The van der Waals surface area contributed by atoms with Gasteiger partial charge in [-0.05, 0) is 67.8 Å². The number of amides is 1. The summed E-state index contributed by atoms with van der Waals surface area (Å²) in [6.45, 7) is 5.72. The summed E-state index contributed by atoms with van der Waals surface area (Å²) in [5, 5.41) is 21.5. The number of hydrogen-bond acceptors (Lipinski definition) is 6. The molecule has 2 heterocycles. The van der Waals surface area contributed by atoms with Crippen LogP contribution in [-0.4, -0.2) is 26.9 Å². The van der Waals surface area contributed by atoms with Crippen LogP contribution >= 0.6 is 11.3 Å². The molecule has 170 valence electrons. The fourth-order valence-corrected chi connectivity index (χ4v) is 5.35. The number of anilines is 1. The number of fused-ring (bicyclic) bond motifs is 1. The first-order chi connectivity index (χ1) is 16.2. The molecule has 4 aromatic rings. The van der Waals surface area contributed by atoms with E-state index in [2.05, 4.69) is 4.98 Å². The average Bonchev–Trinajstić information content (AvgIpc) is 3.33. The zero-order valence-electron chi connectivity index (χ0n) is 18.9. The van der Waals surface area contributed by atoms with E-state index < -0.39 is 17.7 Å². The monoisotopic (exact) mass is 470 g/mol. The van der Waals surface area contributed by atoms with Crippen LogP contribution in [0.25, 0.3) is 16.0 Å². The van der Waals surface area contributed by atoms with Gasteiger partial charge in [-0.15, -0.1) is 0 Å². The zero-order chi connectivity index (χ0) is 24.1. The van der Waals surface area contributed by atoms with Crippen LogP contribution in [0.5, 0.6) is 5.75 Å². The quantitative estimate of drug-likeness (QED) is 0.233. The van der Waals surface area contributed by atoms with Crippen molar-refractivity contribution in [1.82, 2.24) is 4.98 Å². The van der Waals surface area contributed by atoms with E-state index in [9.17, 15) is 19.8 Å². The maximum absolute atomic E-state index is 13.3. The van der Waals surface area contributed by atoms with Crippen molar-refractivity contribution in [3.63, 3.8) is 0 Å². The highest BCUT2D eigenvalue weighted by atomic mass is 32.1. The smallest absolute Gasteiger partial charge is 0.301 e. The number of aliphatic hydroxyl groups excluding tert-OH is 1. The second-order valence-corrected chi connectivity index (χ2v) is 9.56. The Hall–Kier alpha value is -3.97. The first kappa shape index (κ1) is 21.9. The Morgan fingerprint density at radius 1 is 0.941 bits per heavy atom. The third-order valence-corrected chi connectivity index (χ3v) is 7.06. The molecule has 1 aliphatic rings. The van der Waals surface area contributed by atoms with Crippen LogP contribution in [0.15, 0.2) is 66.2 Å². The number of rotatable bonds is 3. The molecule has 1 unspecified atom stereocenters.